The van der Waals surface area contributed by atoms with E-state index >= 15 is 0 Å². The minimum atomic E-state index is -0.302. The van der Waals surface area contributed by atoms with Crippen LogP contribution in [0, 0.1) is 19.7 Å². The first kappa shape index (κ1) is 21.9. The number of aromatic nitrogens is 1. The van der Waals surface area contributed by atoms with Gasteiger partial charge in [-0.3, -0.25) is 4.79 Å². The molecule has 7 heteroatoms. The summed E-state index contributed by atoms with van der Waals surface area (Å²) >= 11 is 5.61. The minimum Gasteiger partial charge on any atom is -0.343 e. The van der Waals surface area contributed by atoms with Crippen LogP contribution in [0.2, 0.25) is 0 Å². The molecule has 3 rings (SSSR count). The lowest BCUT2D eigenvalue weighted by Gasteiger charge is -2.27. The topological polar surface area (TPSA) is 51.4 Å². The van der Waals surface area contributed by atoms with Crippen molar-refractivity contribution in [3.8, 4) is 0 Å². The van der Waals surface area contributed by atoms with Gasteiger partial charge in [0.2, 0.25) is 0 Å². The smallest absolute Gasteiger partial charge is 0.253 e. The number of aromatic amines is 1. The van der Waals surface area contributed by atoms with Crippen LogP contribution in [0.25, 0.3) is 10.9 Å². The fraction of sp³-hybridized carbons (Fsp3) is 0.304. The van der Waals surface area contributed by atoms with Gasteiger partial charge in [-0.05, 0) is 87.5 Å². The maximum Gasteiger partial charge on any atom is 0.253 e. The predicted octanol–water partition coefficient (Wildman–Crippen LogP) is 4.04. The van der Waals surface area contributed by atoms with Crippen molar-refractivity contribution < 1.29 is 4.39 Å². The Morgan fingerprint density at radius 2 is 1.80 bits per heavy atom. The molecule has 2 aromatic carbocycles. The second-order valence-electron chi connectivity index (χ2n) is 7.83. The Morgan fingerprint density at radius 1 is 1.10 bits per heavy atom. The minimum absolute atomic E-state index is 0.117. The Bertz CT molecular complexity index is 1110. The third kappa shape index (κ3) is 5.43. The number of fused-ring (bicyclic) bond motifs is 1. The van der Waals surface area contributed by atoms with Crippen molar-refractivity contribution in [1.29, 1.82) is 0 Å². The number of nitrogens with zero attached hydrogens (tertiary/aromatic N) is 2. The van der Waals surface area contributed by atoms with E-state index in [9.17, 15) is 9.18 Å². The number of nitrogens with one attached hydrogen (secondary N) is 2. The summed E-state index contributed by atoms with van der Waals surface area (Å²) in [5, 5.41) is 4.64. The SMILES string of the molecule is Cc1cc(C)c2[nH]c(=O)c(CN(CCN(C)C)C(=S)Nc3ccc(F)cc3)cc2c1. The maximum atomic E-state index is 13.2. The van der Waals surface area contributed by atoms with E-state index in [1.807, 2.05) is 38.9 Å². The van der Waals surface area contributed by atoms with Crippen LogP contribution >= 0.6 is 12.2 Å². The molecule has 0 radical (unpaired) electrons. The Kier molecular flexibility index (Phi) is 6.84. The van der Waals surface area contributed by atoms with Crippen molar-refractivity contribution in [2.75, 3.05) is 32.5 Å². The second kappa shape index (κ2) is 9.36. The largest absolute Gasteiger partial charge is 0.343 e. The Labute approximate surface area is 181 Å². The van der Waals surface area contributed by atoms with Crippen LogP contribution in [0.15, 0.2) is 47.3 Å². The van der Waals surface area contributed by atoms with Crippen molar-refractivity contribution in [1.82, 2.24) is 14.8 Å². The van der Waals surface area contributed by atoms with Gasteiger partial charge in [-0.2, -0.15) is 0 Å². The highest BCUT2D eigenvalue weighted by Crippen LogP contribution is 2.19. The van der Waals surface area contributed by atoms with Crippen molar-refractivity contribution in [2.45, 2.75) is 20.4 Å². The summed E-state index contributed by atoms with van der Waals surface area (Å²) in [6.07, 6.45) is 0. The van der Waals surface area contributed by atoms with E-state index in [1.54, 1.807) is 12.1 Å². The molecule has 0 amide bonds. The van der Waals surface area contributed by atoms with Gasteiger partial charge in [0.15, 0.2) is 5.11 Å². The molecule has 0 saturated heterocycles. The fourth-order valence-corrected chi connectivity index (χ4v) is 3.64. The number of benzene rings is 2. The van der Waals surface area contributed by atoms with E-state index in [0.29, 0.717) is 29.5 Å². The van der Waals surface area contributed by atoms with E-state index < -0.39 is 0 Å². The molecule has 0 fully saturated rings. The van der Waals surface area contributed by atoms with E-state index in [4.69, 9.17) is 12.2 Å². The van der Waals surface area contributed by atoms with Crippen molar-refractivity contribution in [2.24, 2.45) is 0 Å². The summed E-state index contributed by atoms with van der Waals surface area (Å²) in [5.74, 6) is -0.302. The second-order valence-corrected chi connectivity index (χ2v) is 8.22. The molecule has 0 unspecified atom stereocenters. The first-order chi connectivity index (χ1) is 14.2. The summed E-state index contributed by atoms with van der Waals surface area (Å²) in [4.78, 5) is 19.8. The Balaban J connectivity index is 1.88. The van der Waals surface area contributed by atoms with Gasteiger partial charge in [-0.15, -0.1) is 0 Å². The summed E-state index contributed by atoms with van der Waals surface area (Å²) in [6, 6.07) is 12.1. The monoisotopic (exact) mass is 426 g/mol. The molecular formula is C23H27FN4OS. The Morgan fingerprint density at radius 3 is 2.47 bits per heavy atom. The maximum absolute atomic E-state index is 13.2. The van der Waals surface area contributed by atoms with Crippen LogP contribution in [0.3, 0.4) is 0 Å². The molecule has 0 atom stereocenters. The highest BCUT2D eigenvalue weighted by atomic mass is 32.1. The Hall–Kier alpha value is -2.77. The van der Waals surface area contributed by atoms with Gasteiger partial charge in [0, 0.05) is 24.3 Å². The lowest BCUT2D eigenvalue weighted by Crippen LogP contribution is -2.40. The van der Waals surface area contributed by atoms with Gasteiger partial charge in [-0.25, -0.2) is 4.39 Å². The van der Waals surface area contributed by atoms with Gasteiger partial charge < -0.3 is 20.1 Å². The zero-order valence-corrected chi connectivity index (χ0v) is 18.6. The van der Waals surface area contributed by atoms with Gasteiger partial charge in [0.05, 0.1) is 12.1 Å². The van der Waals surface area contributed by atoms with E-state index in [-0.39, 0.29) is 11.4 Å². The number of anilines is 1. The van der Waals surface area contributed by atoms with E-state index in [0.717, 1.165) is 28.6 Å². The predicted molar refractivity (Wildman–Crippen MR) is 126 cm³/mol. The van der Waals surface area contributed by atoms with Gasteiger partial charge >= 0.3 is 0 Å². The number of halogens is 1. The molecule has 0 spiro atoms. The van der Waals surface area contributed by atoms with Crippen LogP contribution in [0.5, 0.6) is 0 Å². The van der Waals surface area contributed by atoms with Gasteiger partial charge in [-0.1, -0.05) is 11.6 Å². The van der Waals surface area contributed by atoms with E-state index in [1.165, 1.54) is 12.1 Å². The van der Waals surface area contributed by atoms with Crippen LogP contribution < -0.4 is 10.9 Å². The fourth-order valence-electron chi connectivity index (χ4n) is 3.36. The van der Waals surface area contributed by atoms with Crippen molar-refractivity contribution in [3.05, 3.63) is 75.3 Å². The molecule has 5 nitrogen and oxygen atoms in total. The summed E-state index contributed by atoms with van der Waals surface area (Å²) in [5.41, 5.74) is 4.29. The molecule has 0 saturated carbocycles. The molecule has 0 aliphatic heterocycles. The molecular weight excluding hydrogens is 399 g/mol. The zero-order valence-electron chi connectivity index (χ0n) is 17.8. The molecule has 0 bridgehead atoms. The third-order valence-corrected chi connectivity index (χ3v) is 5.29. The van der Waals surface area contributed by atoms with Crippen molar-refractivity contribution in [3.63, 3.8) is 0 Å². The first-order valence-corrected chi connectivity index (χ1v) is 10.2. The number of thiocarbonyl (C=S) groups is 1. The number of aryl methyl sites for hydroxylation is 2. The third-order valence-electron chi connectivity index (χ3n) is 4.93. The number of pyridine rings is 1. The number of H-pyrrole nitrogens is 1. The highest BCUT2D eigenvalue weighted by Gasteiger charge is 2.15. The standard InChI is InChI=1S/C23H27FN4OS/c1-15-11-16(2)21-17(12-15)13-18(22(29)26-21)14-28(10-9-27(3)4)23(30)25-20-7-5-19(24)6-8-20/h5-8,11-13H,9-10,14H2,1-4H3,(H,25,30)(H,26,29). The number of hydrogen-bond acceptors (Lipinski definition) is 3. The van der Waals surface area contributed by atoms with Crippen LogP contribution in [-0.4, -0.2) is 47.1 Å². The molecule has 2 N–H and O–H groups in total. The van der Waals surface area contributed by atoms with Gasteiger partial charge in [0.25, 0.3) is 5.56 Å². The van der Waals surface area contributed by atoms with Crippen LogP contribution in [-0.2, 0) is 6.54 Å². The number of rotatable bonds is 6. The molecule has 3 aromatic rings. The van der Waals surface area contributed by atoms with Crippen molar-refractivity contribution >= 4 is 33.9 Å². The average Bonchev–Trinajstić information content (AvgIpc) is 2.67. The number of hydrogen-bond donors (Lipinski definition) is 2. The molecule has 0 aliphatic carbocycles. The lowest BCUT2D eigenvalue weighted by molar-refractivity contribution is 0.327. The van der Waals surface area contributed by atoms with Crippen LogP contribution in [0.1, 0.15) is 16.7 Å². The lowest BCUT2D eigenvalue weighted by atomic mass is 10.1. The molecule has 30 heavy (non-hydrogen) atoms. The summed E-state index contributed by atoms with van der Waals surface area (Å²) in [7, 11) is 3.98. The molecule has 1 heterocycles. The van der Waals surface area contributed by atoms with Gasteiger partial charge in [0.1, 0.15) is 5.82 Å². The summed E-state index contributed by atoms with van der Waals surface area (Å²) in [6.45, 7) is 5.83. The number of likely N-dealkylation sites (N-methyl/N-ethyl adjacent to an activating group) is 1. The molecule has 1 aromatic heterocycles. The summed E-state index contributed by atoms with van der Waals surface area (Å²) < 4.78 is 13.2. The molecule has 158 valence electrons. The van der Waals surface area contributed by atoms with E-state index in [2.05, 4.69) is 27.3 Å². The highest BCUT2D eigenvalue weighted by molar-refractivity contribution is 7.80. The first-order valence-electron chi connectivity index (χ1n) is 9.82. The zero-order chi connectivity index (χ0) is 21.8. The normalized spacial score (nSPS) is 11.1. The average molecular weight is 427 g/mol. The van der Waals surface area contributed by atoms with Crippen LogP contribution in [0.4, 0.5) is 10.1 Å². The quantitative estimate of drug-likeness (QED) is 0.583. The molecule has 0 aliphatic rings.